The molecule has 1 aliphatic rings. The molecule has 7 heteroatoms. The van der Waals surface area contributed by atoms with Crippen molar-refractivity contribution in [3.05, 3.63) is 65.1 Å². The van der Waals surface area contributed by atoms with Crippen LogP contribution in [0, 0.1) is 17.3 Å². The fourth-order valence-electron chi connectivity index (χ4n) is 4.54. The minimum absolute atomic E-state index is 0.0474. The number of alkyl halides is 1. The molecule has 0 amide bonds. The quantitative estimate of drug-likeness (QED) is 0.469. The van der Waals surface area contributed by atoms with Crippen molar-refractivity contribution in [1.29, 1.82) is 0 Å². The summed E-state index contributed by atoms with van der Waals surface area (Å²) >= 11 is 6.38. The Morgan fingerprint density at radius 1 is 1.24 bits per heavy atom. The maximum atomic E-state index is 15.6. The highest BCUT2D eigenvalue weighted by atomic mass is 35.5. The fraction of sp³-hybridized carbons (Fsp3) is 0.407. The van der Waals surface area contributed by atoms with Crippen LogP contribution in [0.4, 0.5) is 4.39 Å². The van der Waals surface area contributed by atoms with Gasteiger partial charge in [-0.05, 0) is 80.4 Å². The predicted molar refractivity (Wildman–Crippen MR) is 133 cm³/mol. The van der Waals surface area contributed by atoms with Crippen LogP contribution < -0.4 is 4.74 Å². The maximum Gasteiger partial charge on any atom is 0.127 e. The number of aromatic nitrogens is 2. The Kier molecular flexibility index (Phi) is 7.99. The summed E-state index contributed by atoms with van der Waals surface area (Å²) in [5, 5.41) is 11.2. The van der Waals surface area contributed by atoms with Gasteiger partial charge in [0.15, 0.2) is 0 Å². The lowest BCUT2D eigenvalue weighted by atomic mass is 9.74. The van der Waals surface area contributed by atoms with E-state index < -0.39 is 6.17 Å². The van der Waals surface area contributed by atoms with Crippen molar-refractivity contribution in [2.75, 3.05) is 33.4 Å². The number of aliphatic hydroxyl groups excluding tert-OH is 1. The summed E-state index contributed by atoms with van der Waals surface area (Å²) in [6.07, 6.45) is 4.47. The molecular formula is C27H29ClFN3O2. The first-order valence-electron chi connectivity index (χ1n) is 11.5. The highest BCUT2D eigenvalue weighted by molar-refractivity contribution is 6.32. The minimum Gasteiger partial charge on any atom is -0.497 e. The number of methoxy groups -OCH3 is 1. The second-order valence-corrected chi connectivity index (χ2v) is 9.27. The number of aliphatic hydroxyl groups is 1. The summed E-state index contributed by atoms with van der Waals surface area (Å²) < 4.78 is 20.9. The van der Waals surface area contributed by atoms with E-state index in [-0.39, 0.29) is 18.4 Å². The number of pyridine rings is 2. The number of likely N-dealkylation sites (tertiary alicyclic amines) is 1. The Morgan fingerprint density at radius 3 is 2.76 bits per heavy atom. The molecule has 1 unspecified atom stereocenters. The molecule has 1 aromatic carbocycles. The first-order chi connectivity index (χ1) is 16.5. The summed E-state index contributed by atoms with van der Waals surface area (Å²) in [6.45, 7) is 2.35. The summed E-state index contributed by atoms with van der Waals surface area (Å²) in [5.74, 6) is 6.90. The Morgan fingerprint density at radius 2 is 2.06 bits per heavy atom. The zero-order valence-corrected chi connectivity index (χ0v) is 20.1. The molecule has 1 fully saturated rings. The molecule has 2 aromatic heterocycles. The highest BCUT2D eigenvalue weighted by Gasteiger charge is 2.35. The van der Waals surface area contributed by atoms with Crippen molar-refractivity contribution >= 4 is 22.5 Å². The number of piperidine rings is 1. The largest absolute Gasteiger partial charge is 0.497 e. The van der Waals surface area contributed by atoms with Crippen LogP contribution >= 0.6 is 11.6 Å². The van der Waals surface area contributed by atoms with E-state index in [0.717, 1.165) is 31.6 Å². The van der Waals surface area contributed by atoms with Crippen LogP contribution in [-0.2, 0) is 0 Å². The van der Waals surface area contributed by atoms with Gasteiger partial charge in [-0.1, -0.05) is 23.6 Å². The van der Waals surface area contributed by atoms with Crippen molar-refractivity contribution in [3.8, 4) is 17.6 Å². The number of halogens is 2. The van der Waals surface area contributed by atoms with E-state index in [1.54, 1.807) is 25.4 Å². The second-order valence-electron chi connectivity index (χ2n) is 8.86. The summed E-state index contributed by atoms with van der Waals surface area (Å²) in [4.78, 5) is 10.8. The maximum absolute atomic E-state index is 15.6. The molecule has 4 rings (SSSR count). The van der Waals surface area contributed by atoms with Crippen molar-refractivity contribution in [1.82, 2.24) is 14.9 Å². The van der Waals surface area contributed by atoms with E-state index in [0.29, 0.717) is 40.2 Å². The van der Waals surface area contributed by atoms with E-state index in [2.05, 4.69) is 26.7 Å². The fourth-order valence-corrected chi connectivity index (χ4v) is 4.81. The number of fused-ring (bicyclic) bond motifs is 1. The van der Waals surface area contributed by atoms with Crippen molar-refractivity contribution in [2.24, 2.45) is 5.41 Å². The van der Waals surface area contributed by atoms with Gasteiger partial charge in [-0.25, -0.2) is 9.37 Å². The van der Waals surface area contributed by atoms with Crippen LogP contribution in [0.25, 0.3) is 10.9 Å². The zero-order valence-electron chi connectivity index (χ0n) is 19.3. The molecule has 0 aliphatic carbocycles. The summed E-state index contributed by atoms with van der Waals surface area (Å²) in [6, 6.07) is 11.1. The molecule has 3 aromatic rings. The molecule has 0 spiro atoms. The molecule has 1 N–H and O–H groups in total. The lowest BCUT2D eigenvalue weighted by Gasteiger charge is -2.40. The molecule has 178 valence electrons. The van der Waals surface area contributed by atoms with Gasteiger partial charge < -0.3 is 9.84 Å². The average molecular weight is 482 g/mol. The molecule has 1 aliphatic heterocycles. The topological polar surface area (TPSA) is 58.5 Å². The molecule has 0 bridgehead atoms. The monoisotopic (exact) mass is 481 g/mol. The summed E-state index contributed by atoms with van der Waals surface area (Å²) in [5.41, 5.74) is 1.60. The Hall–Kier alpha value is -2.72. The van der Waals surface area contributed by atoms with Gasteiger partial charge in [-0.2, -0.15) is 0 Å². The van der Waals surface area contributed by atoms with Crippen LogP contribution in [-0.4, -0.2) is 53.3 Å². The van der Waals surface area contributed by atoms with Gasteiger partial charge in [0.05, 0.1) is 24.2 Å². The molecule has 5 nitrogen and oxygen atoms in total. The van der Waals surface area contributed by atoms with Gasteiger partial charge in [-0.3, -0.25) is 9.88 Å². The smallest absolute Gasteiger partial charge is 0.127 e. The highest BCUT2D eigenvalue weighted by Crippen LogP contribution is 2.41. The summed E-state index contributed by atoms with van der Waals surface area (Å²) in [7, 11) is 1.58. The zero-order chi connectivity index (χ0) is 24.0. The number of benzene rings is 1. The van der Waals surface area contributed by atoms with Crippen LogP contribution in [0.5, 0.6) is 5.75 Å². The molecule has 34 heavy (non-hydrogen) atoms. The first-order valence-corrected chi connectivity index (χ1v) is 11.9. The van der Waals surface area contributed by atoms with Crippen LogP contribution in [0.15, 0.2) is 48.8 Å². The number of nitrogens with zero attached hydrogens (tertiary/aromatic N) is 3. The number of rotatable bonds is 7. The van der Waals surface area contributed by atoms with Crippen LogP contribution in [0.3, 0.4) is 0 Å². The third kappa shape index (κ3) is 5.67. The molecular weight excluding hydrogens is 453 g/mol. The number of hydrogen-bond donors (Lipinski definition) is 1. The van der Waals surface area contributed by atoms with E-state index >= 15 is 4.39 Å². The Labute approximate surface area is 204 Å². The predicted octanol–water partition coefficient (Wildman–Crippen LogP) is 5.21. The Balaban J connectivity index is 1.38. The lowest BCUT2D eigenvalue weighted by Crippen LogP contribution is -2.42. The third-order valence-electron chi connectivity index (χ3n) is 6.75. The van der Waals surface area contributed by atoms with Gasteiger partial charge in [0, 0.05) is 30.0 Å². The van der Waals surface area contributed by atoms with Gasteiger partial charge in [-0.15, -0.1) is 0 Å². The van der Waals surface area contributed by atoms with Crippen LogP contribution in [0.1, 0.15) is 43.1 Å². The number of ether oxygens (including phenoxy) is 1. The third-order valence-corrected chi connectivity index (χ3v) is 7.05. The molecule has 0 saturated carbocycles. The van der Waals surface area contributed by atoms with Crippen molar-refractivity contribution in [2.45, 2.75) is 31.9 Å². The lowest BCUT2D eigenvalue weighted by molar-refractivity contribution is 0.0344. The van der Waals surface area contributed by atoms with Gasteiger partial charge >= 0.3 is 0 Å². The van der Waals surface area contributed by atoms with Gasteiger partial charge in [0.2, 0.25) is 0 Å². The average Bonchev–Trinajstić information content (AvgIpc) is 2.88. The van der Waals surface area contributed by atoms with Crippen molar-refractivity contribution in [3.63, 3.8) is 0 Å². The van der Waals surface area contributed by atoms with Crippen LogP contribution in [0.2, 0.25) is 5.02 Å². The molecule has 1 saturated heterocycles. The van der Waals surface area contributed by atoms with E-state index in [1.807, 2.05) is 24.3 Å². The normalized spacial score (nSPS) is 16.6. The minimum atomic E-state index is -1.25. The van der Waals surface area contributed by atoms with E-state index in [1.165, 1.54) is 6.20 Å². The number of hydrogen-bond acceptors (Lipinski definition) is 5. The van der Waals surface area contributed by atoms with Crippen molar-refractivity contribution < 1.29 is 14.2 Å². The van der Waals surface area contributed by atoms with E-state index in [9.17, 15) is 5.11 Å². The molecule has 1 atom stereocenters. The molecule has 3 heterocycles. The van der Waals surface area contributed by atoms with Gasteiger partial charge in [0.1, 0.15) is 17.6 Å². The first kappa shape index (κ1) is 24.4. The standard InChI is InChI=1S/C27H29ClFN3O2/c1-34-21-7-8-25-22(17-21)26(23(28)18-31-25)24(29)9-10-27(19-33)11-15-32(16-12-27)14-4-6-20-5-2-3-13-30-20/h2-3,5,7-8,13,17-18,24,33H,9-12,14-16,19H2,1H3. The van der Waals surface area contributed by atoms with E-state index in [4.69, 9.17) is 16.3 Å². The molecule has 0 radical (unpaired) electrons. The Bertz CT molecular complexity index is 1170. The van der Waals surface area contributed by atoms with Gasteiger partial charge in [0.25, 0.3) is 0 Å². The SMILES string of the molecule is COc1ccc2ncc(Cl)c(C(F)CCC3(CO)CCN(CC#Cc4ccccn4)CC3)c2c1. The second kappa shape index (κ2) is 11.1.